The van der Waals surface area contributed by atoms with E-state index in [1.165, 1.54) is 5.56 Å². The summed E-state index contributed by atoms with van der Waals surface area (Å²) in [5.74, 6) is 0. The number of amides is 2. The first-order chi connectivity index (χ1) is 9.95. The van der Waals surface area contributed by atoms with Crippen LogP contribution in [0, 0.1) is 6.92 Å². The second-order valence-electron chi connectivity index (χ2n) is 4.94. The molecule has 4 N–H and O–H groups in total. The summed E-state index contributed by atoms with van der Waals surface area (Å²) in [7, 11) is 0. The van der Waals surface area contributed by atoms with Crippen molar-refractivity contribution in [3.8, 4) is 0 Å². The molecule has 110 valence electrons. The fraction of sp³-hybridized carbons (Fsp3) is 0.188. The maximum Gasteiger partial charge on any atom is 0.316 e. The predicted molar refractivity (Wildman–Crippen MR) is 90.6 cm³/mol. The first-order valence-corrected chi connectivity index (χ1v) is 7.44. The molecule has 0 aliphatic rings. The molecule has 1 unspecified atom stereocenters. The Balaban J connectivity index is 2.07. The molecule has 2 aromatic carbocycles. The van der Waals surface area contributed by atoms with Gasteiger partial charge in [0.25, 0.3) is 0 Å². The lowest BCUT2D eigenvalue weighted by molar-refractivity contribution is 0.259. The normalized spacial score (nSPS) is 11.8. The van der Waals surface area contributed by atoms with Crippen molar-refractivity contribution in [2.45, 2.75) is 19.9 Å². The molecule has 2 amide bonds. The van der Waals surface area contributed by atoms with Crippen LogP contribution in [0.4, 0.5) is 16.2 Å². The third-order valence-electron chi connectivity index (χ3n) is 3.22. The minimum absolute atomic E-state index is 0.160. The SMILES string of the molecule is Cc1cc(NC(C)c2ccc(NC(N)=O)cc2)ccc1Br. The Hall–Kier alpha value is -2.01. The van der Waals surface area contributed by atoms with E-state index in [0.717, 1.165) is 15.7 Å². The molecule has 2 rings (SSSR count). The number of anilines is 2. The molecule has 0 aromatic heterocycles. The second-order valence-corrected chi connectivity index (χ2v) is 5.80. The van der Waals surface area contributed by atoms with Crippen LogP contribution in [-0.2, 0) is 0 Å². The molecule has 0 aliphatic heterocycles. The smallest absolute Gasteiger partial charge is 0.316 e. The highest BCUT2D eigenvalue weighted by Crippen LogP contribution is 2.24. The van der Waals surface area contributed by atoms with Crippen LogP contribution in [0.15, 0.2) is 46.9 Å². The van der Waals surface area contributed by atoms with Gasteiger partial charge in [-0.25, -0.2) is 4.79 Å². The molecule has 0 fully saturated rings. The third-order valence-corrected chi connectivity index (χ3v) is 4.11. The number of nitrogens with one attached hydrogen (secondary N) is 2. The van der Waals surface area contributed by atoms with Gasteiger partial charge in [-0.1, -0.05) is 28.1 Å². The largest absolute Gasteiger partial charge is 0.379 e. The lowest BCUT2D eigenvalue weighted by atomic mass is 10.1. The van der Waals surface area contributed by atoms with Gasteiger partial charge in [0.2, 0.25) is 0 Å². The van der Waals surface area contributed by atoms with Gasteiger partial charge in [-0.15, -0.1) is 0 Å². The van der Waals surface area contributed by atoms with Crippen LogP contribution in [0.5, 0.6) is 0 Å². The molecule has 21 heavy (non-hydrogen) atoms. The number of carbonyl (C=O) groups is 1. The first-order valence-electron chi connectivity index (χ1n) is 6.65. The van der Waals surface area contributed by atoms with Crippen LogP contribution < -0.4 is 16.4 Å². The summed E-state index contributed by atoms with van der Waals surface area (Å²) in [6.07, 6.45) is 0. The topological polar surface area (TPSA) is 67.2 Å². The highest BCUT2D eigenvalue weighted by atomic mass is 79.9. The van der Waals surface area contributed by atoms with Crippen LogP contribution >= 0.6 is 15.9 Å². The van der Waals surface area contributed by atoms with Crippen LogP contribution in [0.25, 0.3) is 0 Å². The molecule has 0 spiro atoms. The Morgan fingerprint density at radius 1 is 1.14 bits per heavy atom. The molecule has 0 aliphatic carbocycles. The van der Waals surface area contributed by atoms with Gasteiger partial charge in [-0.2, -0.15) is 0 Å². The molecule has 5 heteroatoms. The van der Waals surface area contributed by atoms with Gasteiger partial charge in [0.05, 0.1) is 0 Å². The van der Waals surface area contributed by atoms with Gasteiger partial charge in [0, 0.05) is 21.9 Å². The summed E-state index contributed by atoms with van der Waals surface area (Å²) >= 11 is 3.50. The number of halogens is 1. The zero-order valence-corrected chi connectivity index (χ0v) is 13.6. The fourth-order valence-electron chi connectivity index (χ4n) is 2.07. The van der Waals surface area contributed by atoms with Crippen LogP contribution in [0.1, 0.15) is 24.1 Å². The van der Waals surface area contributed by atoms with Crippen molar-refractivity contribution < 1.29 is 4.79 Å². The second kappa shape index (κ2) is 6.63. The number of urea groups is 1. The van der Waals surface area contributed by atoms with E-state index in [-0.39, 0.29) is 6.04 Å². The Kier molecular flexibility index (Phi) is 4.85. The van der Waals surface area contributed by atoms with E-state index >= 15 is 0 Å². The number of carbonyl (C=O) groups excluding carboxylic acids is 1. The van der Waals surface area contributed by atoms with Crippen LogP contribution in [0.2, 0.25) is 0 Å². The van der Waals surface area contributed by atoms with Crippen LogP contribution in [-0.4, -0.2) is 6.03 Å². The van der Waals surface area contributed by atoms with E-state index in [2.05, 4.69) is 46.5 Å². The van der Waals surface area contributed by atoms with Crippen molar-refractivity contribution in [3.63, 3.8) is 0 Å². The molecule has 0 heterocycles. The molecule has 2 aromatic rings. The van der Waals surface area contributed by atoms with Crippen molar-refractivity contribution in [2.75, 3.05) is 10.6 Å². The summed E-state index contributed by atoms with van der Waals surface area (Å²) < 4.78 is 1.10. The summed E-state index contributed by atoms with van der Waals surface area (Å²) in [6.45, 7) is 4.15. The van der Waals surface area contributed by atoms with E-state index in [0.29, 0.717) is 5.69 Å². The molecule has 0 bridgehead atoms. The lowest BCUT2D eigenvalue weighted by Gasteiger charge is -2.17. The van der Waals surface area contributed by atoms with E-state index in [1.54, 1.807) is 0 Å². The van der Waals surface area contributed by atoms with E-state index in [1.807, 2.05) is 36.4 Å². The fourth-order valence-corrected chi connectivity index (χ4v) is 2.31. The summed E-state index contributed by atoms with van der Waals surface area (Å²) in [5.41, 5.74) is 9.17. The van der Waals surface area contributed by atoms with E-state index < -0.39 is 6.03 Å². The van der Waals surface area contributed by atoms with Gasteiger partial charge in [0.15, 0.2) is 0 Å². The maximum atomic E-state index is 10.8. The Bertz CT molecular complexity index is 640. The van der Waals surface area contributed by atoms with Gasteiger partial charge in [0.1, 0.15) is 0 Å². The average Bonchev–Trinajstić information content (AvgIpc) is 2.43. The predicted octanol–water partition coefficient (Wildman–Crippen LogP) is 4.42. The van der Waals surface area contributed by atoms with Crippen molar-refractivity contribution in [1.29, 1.82) is 0 Å². The molecular formula is C16H18BrN3O. The molecule has 4 nitrogen and oxygen atoms in total. The first kappa shape index (κ1) is 15.4. The van der Waals surface area contributed by atoms with Crippen LogP contribution in [0.3, 0.4) is 0 Å². The van der Waals surface area contributed by atoms with Crippen molar-refractivity contribution in [3.05, 3.63) is 58.1 Å². The number of rotatable bonds is 4. The number of benzene rings is 2. The standard InChI is InChI=1S/C16H18BrN3O/c1-10-9-14(7-8-15(10)17)19-11(2)12-3-5-13(6-4-12)20-16(18)21/h3-9,11,19H,1-2H3,(H3,18,20,21). The monoisotopic (exact) mass is 347 g/mol. The summed E-state index contributed by atoms with van der Waals surface area (Å²) in [4.78, 5) is 10.8. The number of nitrogens with two attached hydrogens (primary N) is 1. The van der Waals surface area contributed by atoms with Gasteiger partial charge in [-0.3, -0.25) is 0 Å². The van der Waals surface area contributed by atoms with Crippen molar-refractivity contribution in [1.82, 2.24) is 0 Å². The quantitative estimate of drug-likeness (QED) is 0.766. The minimum atomic E-state index is -0.556. The number of aryl methyl sites for hydroxylation is 1. The van der Waals surface area contributed by atoms with Gasteiger partial charge in [-0.05, 0) is 55.3 Å². The third kappa shape index (κ3) is 4.23. The lowest BCUT2D eigenvalue weighted by Crippen LogP contribution is -2.19. The molecule has 1 atom stereocenters. The molecule has 0 saturated heterocycles. The number of primary amides is 1. The minimum Gasteiger partial charge on any atom is -0.379 e. The number of hydrogen-bond donors (Lipinski definition) is 3. The highest BCUT2D eigenvalue weighted by Gasteiger charge is 2.06. The molecule has 0 saturated carbocycles. The Morgan fingerprint density at radius 2 is 1.76 bits per heavy atom. The summed E-state index contributed by atoms with van der Waals surface area (Å²) in [6, 6.07) is 13.4. The summed E-state index contributed by atoms with van der Waals surface area (Å²) in [5, 5.41) is 6.00. The average molecular weight is 348 g/mol. The Morgan fingerprint density at radius 3 is 2.33 bits per heavy atom. The highest BCUT2D eigenvalue weighted by molar-refractivity contribution is 9.10. The zero-order valence-electron chi connectivity index (χ0n) is 12.0. The van der Waals surface area contributed by atoms with Crippen molar-refractivity contribution >= 4 is 33.3 Å². The Labute approximate surface area is 132 Å². The molecular weight excluding hydrogens is 330 g/mol. The van der Waals surface area contributed by atoms with Gasteiger partial charge >= 0.3 is 6.03 Å². The van der Waals surface area contributed by atoms with Gasteiger partial charge < -0.3 is 16.4 Å². The van der Waals surface area contributed by atoms with E-state index in [9.17, 15) is 4.79 Å². The zero-order chi connectivity index (χ0) is 15.4. The number of hydrogen-bond acceptors (Lipinski definition) is 2. The van der Waals surface area contributed by atoms with E-state index in [4.69, 9.17) is 5.73 Å². The van der Waals surface area contributed by atoms with Crippen molar-refractivity contribution in [2.24, 2.45) is 5.73 Å². The molecule has 0 radical (unpaired) electrons. The maximum absolute atomic E-state index is 10.8.